The van der Waals surface area contributed by atoms with E-state index in [1.165, 1.54) is 12.1 Å². The van der Waals surface area contributed by atoms with Crippen LogP contribution < -0.4 is 5.46 Å². The van der Waals surface area contributed by atoms with Gasteiger partial charge in [-0.3, -0.25) is 0 Å². The van der Waals surface area contributed by atoms with Crippen LogP contribution in [0.3, 0.4) is 0 Å². The molecule has 0 radical (unpaired) electrons. The summed E-state index contributed by atoms with van der Waals surface area (Å²) < 4.78 is 18.7. The molecular formula is C13H20BFO3. The van der Waals surface area contributed by atoms with E-state index in [9.17, 15) is 4.39 Å². The van der Waals surface area contributed by atoms with Crippen molar-refractivity contribution in [1.29, 1.82) is 0 Å². The van der Waals surface area contributed by atoms with Crippen LogP contribution in [0.15, 0.2) is 18.2 Å². The van der Waals surface area contributed by atoms with Crippen molar-refractivity contribution in [1.82, 2.24) is 0 Å². The quantitative estimate of drug-likeness (QED) is 0.617. The van der Waals surface area contributed by atoms with Crippen molar-refractivity contribution in [3.05, 3.63) is 29.6 Å². The summed E-state index contributed by atoms with van der Waals surface area (Å²) in [6.07, 6.45) is 0.914. The maximum atomic E-state index is 13.2. The van der Waals surface area contributed by atoms with Crippen molar-refractivity contribution in [3.63, 3.8) is 0 Å². The molecule has 0 aliphatic heterocycles. The first kappa shape index (κ1) is 15.2. The van der Waals surface area contributed by atoms with Crippen LogP contribution in [0.4, 0.5) is 4.39 Å². The minimum Gasteiger partial charge on any atom is -0.423 e. The number of benzene rings is 1. The van der Waals surface area contributed by atoms with Crippen LogP contribution in [0.5, 0.6) is 0 Å². The monoisotopic (exact) mass is 254 g/mol. The van der Waals surface area contributed by atoms with Gasteiger partial charge in [-0.15, -0.1) is 0 Å². The van der Waals surface area contributed by atoms with Crippen molar-refractivity contribution >= 4 is 12.6 Å². The van der Waals surface area contributed by atoms with Crippen LogP contribution in [-0.2, 0) is 11.3 Å². The first-order valence-corrected chi connectivity index (χ1v) is 6.01. The van der Waals surface area contributed by atoms with E-state index < -0.39 is 12.9 Å². The van der Waals surface area contributed by atoms with Gasteiger partial charge in [-0.25, -0.2) is 4.39 Å². The number of hydrogen-bond acceptors (Lipinski definition) is 3. The summed E-state index contributed by atoms with van der Waals surface area (Å²) in [4.78, 5) is 0. The Hall–Kier alpha value is -0.905. The van der Waals surface area contributed by atoms with Gasteiger partial charge in [-0.05, 0) is 35.0 Å². The average molecular weight is 254 g/mol. The van der Waals surface area contributed by atoms with E-state index >= 15 is 0 Å². The zero-order chi connectivity index (χ0) is 13.8. The van der Waals surface area contributed by atoms with Crippen molar-refractivity contribution in [2.24, 2.45) is 5.41 Å². The van der Waals surface area contributed by atoms with Gasteiger partial charge in [-0.1, -0.05) is 26.8 Å². The van der Waals surface area contributed by atoms with Crippen molar-refractivity contribution in [2.75, 3.05) is 6.61 Å². The highest BCUT2D eigenvalue weighted by Crippen LogP contribution is 2.18. The highest BCUT2D eigenvalue weighted by atomic mass is 19.1. The molecule has 1 aromatic carbocycles. The SMILES string of the molecule is CC(C)(C)CCOCc1cc(F)cc(B(O)O)c1. The number of hydrogen-bond donors (Lipinski definition) is 2. The molecule has 1 aromatic rings. The van der Waals surface area contributed by atoms with Crippen molar-refractivity contribution in [3.8, 4) is 0 Å². The minimum absolute atomic E-state index is 0.143. The van der Waals surface area contributed by atoms with Crippen LogP contribution in [0.1, 0.15) is 32.8 Å². The van der Waals surface area contributed by atoms with Crippen LogP contribution in [0.2, 0.25) is 0 Å². The van der Waals surface area contributed by atoms with Gasteiger partial charge in [0, 0.05) is 6.61 Å². The van der Waals surface area contributed by atoms with E-state index in [1.807, 2.05) is 0 Å². The van der Waals surface area contributed by atoms with Gasteiger partial charge in [0.2, 0.25) is 0 Å². The van der Waals surface area contributed by atoms with Gasteiger partial charge in [0.05, 0.1) is 6.61 Å². The second kappa shape index (κ2) is 6.32. The Bertz CT molecular complexity index is 388. The van der Waals surface area contributed by atoms with Crippen molar-refractivity contribution in [2.45, 2.75) is 33.8 Å². The summed E-state index contributed by atoms with van der Waals surface area (Å²) in [6.45, 7) is 7.24. The minimum atomic E-state index is -1.66. The molecule has 0 heterocycles. The molecule has 18 heavy (non-hydrogen) atoms. The third kappa shape index (κ3) is 5.62. The molecule has 0 saturated heterocycles. The topological polar surface area (TPSA) is 49.7 Å². The van der Waals surface area contributed by atoms with E-state index in [0.717, 1.165) is 12.5 Å². The molecule has 0 aromatic heterocycles. The fraction of sp³-hybridized carbons (Fsp3) is 0.538. The normalized spacial score (nSPS) is 11.7. The molecule has 0 bridgehead atoms. The highest BCUT2D eigenvalue weighted by molar-refractivity contribution is 6.58. The number of halogens is 1. The van der Waals surface area contributed by atoms with Gasteiger partial charge in [-0.2, -0.15) is 0 Å². The van der Waals surface area contributed by atoms with Gasteiger partial charge >= 0.3 is 7.12 Å². The Morgan fingerprint density at radius 2 is 1.89 bits per heavy atom. The first-order chi connectivity index (χ1) is 8.28. The van der Waals surface area contributed by atoms with E-state index in [2.05, 4.69) is 20.8 Å². The summed E-state index contributed by atoms with van der Waals surface area (Å²) in [5.41, 5.74) is 0.949. The summed E-state index contributed by atoms with van der Waals surface area (Å²) in [5.74, 6) is -0.491. The second-order valence-corrected chi connectivity index (χ2v) is 5.63. The molecule has 0 fully saturated rings. The van der Waals surface area contributed by atoms with Gasteiger partial charge in [0.25, 0.3) is 0 Å². The first-order valence-electron chi connectivity index (χ1n) is 6.01. The fourth-order valence-electron chi connectivity index (χ4n) is 1.48. The molecule has 0 atom stereocenters. The smallest absolute Gasteiger partial charge is 0.423 e. The number of ether oxygens (including phenoxy) is 1. The van der Waals surface area contributed by atoms with Gasteiger partial charge in [0.15, 0.2) is 0 Å². The standard InChI is InChI=1S/C13H20BFO3/c1-13(2,3)4-5-18-9-10-6-11(14(16)17)8-12(15)7-10/h6-8,16-17H,4-5,9H2,1-3H3. The molecule has 0 unspecified atom stereocenters. The largest absolute Gasteiger partial charge is 0.488 e. The molecule has 0 saturated carbocycles. The molecule has 0 aliphatic rings. The summed E-state index contributed by atoms with van der Waals surface area (Å²) >= 11 is 0. The Balaban J connectivity index is 2.52. The Morgan fingerprint density at radius 1 is 1.22 bits per heavy atom. The third-order valence-corrected chi connectivity index (χ3v) is 2.54. The van der Waals surface area contributed by atoms with Crippen LogP contribution >= 0.6 is 0 Å². The second-order valence-electron chi connectivity index (χ2n) is 5.63. The maximum absolute atomic E-state index is 13.2. The van der Waals surface area contributed by atoms with E-state index in [0.29, 0.717) is 12.2 Å². The van der Waals surface area contributed by atoms with E-state index in [-0.39, 0.29) is 17.5 Å². The lowest BCUT2D eigenvalue weighted by Gasteiger charge is -2.17. The van der Waals surface area contributed by atoms with E-state index in [4.69, 9.17) is 14.8 Å². The Labute approximate surface area is 108 Å². The summed E-state index contributed by atoms with van der Waals surface area (Å²) in [6, 6.07) is 3.97. The summed E-state index contributed by atoms with van der Waals surface area (Å²) in [5, 5.41) is 18.0. The predicted octanol–water partition coefficient (Wildman–Crippen LogP) is 1.46. The van der Waals surface area contributed by atoms with Gasteiger partial charge in [0.1, 0.15) is 5.82 Å². The fourth-order valence-corrected chi connectivity index (χ4v) is 1.48. The molecule has 2 N–H and O–H groups in total. The average Bonchev–Trinajstić information content (AvgIpc) is 2.22. The zero-order valence-corrected chi connectivity index (χ0v) is 11.1. The molecule has 1 rings (SSSR count). The molecule has 0 spiro atoms. The molecular weight excluding hydrogens is 234 g/mol. The van der Waals surface area contributed by atoms with Gasteiger partial charge < -0.3 is 14.8 Å². The van der Waals surface area contributed by atoms with Crippen LogP contribution in [-0.4, -0.2) is 23.8 Å². The molecule has 0 amide bonds. The lowest BCUT2D eigenvalue weighted by molar-refractivity contribution is 0.0961. The van der Waals surface area contributed by atoms with Crippen LogP contribution in [0.25, 0.3) is 0 Å². The third-order valence-electron chi connectivity index (χ3n) is 2.54. The highest BCUT2D eigenvalue weighted by Gasteiger charge is 2.13. The van der Waals surface area contributed by atoms with Crippen LogP contribution in [0, 0.1) is 11.2 Å². The molecule has 3 nitrogen and oxygen atoms in total. The predicted molar refractivity (Wildman–Crippen MR) is 70.0 cm³/mol. The van der Waals surface area contributed by atoms with Crippen molar-refractivity contribution < 1.29 is 19.2 Å². The zero-order valence-electron chi connectivity index (χ0n) is 11.1. The lowest BCUT2D eigenvalue weighted by Crippen LogP contribution is -2.30. The maximum Gasteiger partial charge on any atom is 0.488 e. The Morgan fingerprint density at radius 3 is 2.44 bits per heavy atom. The van der Waals surface area contributed by atoms with E-state index in [1.54, 1.807) is 0 Å². The summed E-state index contributed by atoms with van der Waals surface area (Å²) in [7, 11) is -1.66. The molecule has 100 valence electrons. The lowest BCUT2D eigenvalue weighted by atomic mass is 9.79. The molecule has 0 aliphatic carbocycles. The molecule has 5 heteroatoms. The number of rotatable bonds is 5. The Kier molecular flexibility index (Phi) is 5.32.